The fourth-order valence-electron chi connectivity index (χ4n) is 3.16. The van der Waals surface area contributed by atoms with Gasteiger partial charge in [0.15, 0.2) is 0 Å². The lowest BCUT2D eigenvalue weighted by Gasteiger charge is -2.19. The third-order valence-electron chi connectivity index (χ3n) is 4.46. The lowest BCUT2D eigenvalue weighted by Crippen LogP contribution is -2.18. The predicted octanol–water partition coefficient (Wildman–Crippen LogP) is 5.30. The molecule has 0 saturated heterocycles. The van der Waals surface area contributed by atoms with Crippen molar-refractivity contribution in [2.24, 2.45) is 4.99 Å². The first kappa shape index (κ1) is 20.7. The number of hydrogen-bond donors (Lipinski definition) is 0. The number of aliphatic imine (C=N–C) groups is 1. The van der Waals surface area contributed by atoms with Crippen LogP contribution in [0.1, 0.15) is 22.5 Å². The molecule has 1 aliphatic rings. The normalized spacial score (nSPS) is 13.4. The summed E-state index contributed by atoms with van der Waals surface area (Å²) in [5.74, 6) is -1.99. The van der Waals surface area contributed by atoms with Crippen molar-refractivity contribution in [1.82, 2.24) is 9.55 Å². The zero-order valence-electron chi connectivity index (χ0n) is 14.6. The van der Waals surface area contributed by atoms with Crippen molar-refractivity contribution in [2.45, 2.75) is 12.7 Å². The smallest absolute Gasteiger partial charge is 0.302 e. The Bertz CT molecular complexity index is 1270. The highest BCUT2D eigenvalue weighted by atomic mass is 79.9. The topological polar surface area (TPSA) is 47.2 Å². The largest absolute Gasteiger partial charge is 0.417 e. The molecule has 0 atom stereocenters. The van der Waals surface area contributed by atoms with Gasteiger partial charge >= 0.3 is 6.18 Å². The van der Waals surface area contributed by atoms with Gasteiger partial charge in [-0.2, -0.15) is 18.2 Å². The van der Waals surface area contributed by atoms with E-state index < -0.39 is 45.2 Å². The first-order chi connectivity index (χ1) is 14.1. The Labute approximate surface area is 178 Å². The van der Waals surface area contributed by atoms with E-state index in [0.717, 1.165) is 30.3 Å². The summed E-state index contributed by atoms with van der Waals surface area (Å²) in [7, 11) is 0. The van der Waals surface area contributed by atoms with Crippen molar-refractivity contribution in [3.8, 4) is 5.69 Å². The molecular weight excluding hydrogens is 497 g/mol. The second-order valence-corrected chi connectivity index (χ2v) is 7.49. The van der Waals surface area contributed by atoms with Crippen LogP contribution in [0.4, 0.5) is 22.0 Å². The van der Waals surface area contributed by atoms with Gasteiger partial charge in [0.25, 0.3) is 5.56 Å². The van der Waals surface area contributed by atoms with E-state index in [4.69, 9.17) is 11.6 Å². The Kier molecular flexibility index (Phi) is 5.01. The van der Waals surface area contributed by atoms with Gasteiger partial charge in [0.2, 0.25) is 0 Å². The second kappa shape index (κ2) is 7.28. The summed E-state index contributed by atoms with van der Waals surface area (Å²) in [4.78, 5) is 19.9. The van der Waals surface area contributed by atoms with Crippen LogP contribution in [-0.2, 0) is 12.7 Å². The molecule has 1 aromatic heterocycles. The van der Waals surface area contributed by atoms with E-state index in [1.54, 1.807) is 0 Å². The molecule has 4 rings (SSSR count). The number of nitrogens with zero attached hydrogens (tertiary/aromatic N) is 3. The Balaban J connectivity index is 2.14. The van der Waals surface area contributed by atoms with Crippen molar-refractivity contribution in [2.75, 3.05) is 0 Å². The molecule has 0 saturated carbocycles. The maximum Gasteiger partial charge on any atom is 0.417 e. The molecular formula is C19H8BrClF5N3O. The van der Waals surface area contributed by atoms with Gasteiger partial charge in [-0.15, -0.1) is 0 Å². The average molecular weight is 505 g/mol. The molecule has 154 valence electrons. The van der Waals surface area contributed by atoms with E-state index in [2.05, 4.69) is 25.9 Å². The number of fused-ring (bicyclic) bond motifs is 3. The molecule has 4 nitrogen and oxygen atoms in total. The maximum absolute atomic E-state index is 14.5. The monoisotopic (exact) mass is 503 g/mol. The van der Waals surface area contributed by atoms with Crippen LogP contribution in [0.2, 0.25) is 5.02 Å². The Hall–Kier alpha value is -2.59. The Morgan fingerprint density at radius 2 is 1.73 bits per heavy atom. The third kappa shape index (κ3) is 3.33. The van der Waals surface area contributed by atoms with Gasteiger partial charge in [0, 0.05) is 11.8 Å². The van der Waals surface area contributed by atoms with Gasteiger partial charge in [-0.1, -0.05) is 17.7 Å². The van der Waals surface area contributed by atoms with Crippen molar-refractivity contribution in [3.63, 3.8) is 0 Å². The van der Waals surface area contributed by atoms with E-state index in [1.807, 2.05) is 0 Å². The average Bonchev–Trinajstić information content (AvgIpc) is 2.80. The minimum Gasteiger partial charge on any atom is -0.302 e. The van der Waals surface area contributed by atoms with Crippen molar-refractivity contribution >= 4 is 33.2 Å². The number of halogens is 7. The lowest BCUT2D eigenvalue weighted by molar-refractivity contribution is -0.137. The third-order valence-corrected chi connectivity index (χ3v) is 5.39. The zero-order chi connectivity index (χ0) is 21.8. The molecule has 11 heteroatoms. The number of benzene rings is 2. The maximum atomic E-state index is 14.5. The highest BCUT2D eigenvalue weighted by molar-refractivity contribution is 9.10. The van der Waals surface area contributed by atoms with E-state index in [9.17, 15) is 26.7 Å². The van der Waals surface area contributed by atoms with Gasteiger partial charge in [0.1, 0.15) is 21.9 Å². The molecule has 1 aliphatic heterocycles. The summed E-state index contributed by atoms with van der Waals surface area (Å²) in [5.41, 5.74) is -3.15. The first-order valence-electron chi connectivity index (χ1n) is 8.27. The highest BCUT2D eigenvalue weighted by Gasteiger charge is 2.37. The number of hydrogen-bond acceptors (Lipinski definition) is 3. The van der Waals surface area contributed by atoms with Crippen LogP contribution in [0.25, 0.3) is 5.69 Å². The summed E-state index contributed by atoms with van der Waals surface area (Å²) in [5, 5.41) is -0.774. The SMILES string of the molecule is O=c1nc2n(cc1Br)-c1ccc(C(F)(F)F)c(Cl)c1C(c1c(F)cccc1F)=NC2. The summed E-state index contributed by atoms with van der Waals surface area (Å²) in [6.07, 6.45) is -3.52. The molecule has 0 spiro atoms. The van der Waals surface area contributed by atoms with E-state index in [1.165, 1.54) is 10.8 Å². The van der Waals surface area contributed by atoms with E-state index in [0.29, 0.717) is 0 Å². The fourth-order valence-corrected chi connectivity index (χ4v) is 3.81. The molecule has 0 N–H and O–H groups in total. The van der Waals surface area contributed by atoms with Crippen LogP contribution >= 0.6 is 27.5 Å². The van der Waals surface area contributed by atoms with Crippen LogP contribution < -0.4 is 5.56 Å². The van der Waals surface area contributed by atoms with E-state index in [-0.39, 0.29) is 28.1 Å². The summed E-state index contributed by atoms with van der Waals surface area (Å²) < 4.78 is 70.8. The summed E-state index contributed by atoms with van der Waals surface area (Å²) >= 11 is 9.15. The molecule has 0 unspecified atom stereocenters. The van der Waals surface area contributed by atoms with Crippen molar-refractivity contribution in [3.05, 3.63) is 90.5 Å². The van der Waals surface area contributed by atoms with Gasteiger partial charge in [-0.3, -0.25) is 9.79 Å². The Morgan fingerprint density at radius 1 is 1.07 bits per heavy atom. The molecule has 0 aliphatic carbocycles. The molecule has 2 heterocycles. The number of aromatic nitrogens is 2. The van der Waals surface area contributed by atoms with Gasteiger partial charge in [-0.05, 0) is 40.2 Å². The van der Waals surface area contributed by atoms with Crippen LogP contribution in [-0.4, -0.2) is 15.3 Å². The minimum atomic E-state index is -4.82. The van der Waals surface area contributed by atoms with E-state index >= 15 is 0 Å². The zero-order valence-corrected chi connectivity index (χ0v) is 16.9. The quantitative estimate of drug-likeness (QED) is 0.423. The standard InChI is InChI=1S/C19H8BrClF5N3O/c20-9-7-29-12-5-4-8(19(24,25)26)16(21)15(12)17(27-6-13(29)28-18(9)30)14-10(22)2-1-3-11(14)23/h1-5,7H,6H2. The molecule has 0 radical (unpaired) electrons. The lowest BCUT2D eigenvalue weighted by atomic mass is 9.97. The number of alkyl halides is 3. The molecule has 3 aromatic rings. The number of rotatable bonds is 1. The van der Waals surface area contributed by atoms with Gasteiger partial charge < -0.3 is 4.57 Å². The molecule has 30 heavy (non-hydrogen) atoms. The van der Waals surface area contributed by atoms with Crippen LogP contribution in [0.15, 0.2) is 50.8 Å². The van der Waals surface area contributed by atoms with Gasteiger partial charge in [0.05, 0.1) is 34.1 Å². The Morgan fingerprint density at radius 3 is 2.37 bits per heavy atom. The summed E-state index contributed by atoms with van der Waals surface area (Å²) in [6.45, 7) is -0.321. The minimum absolute atomic E-state index is 0.0359. The molecule has 2 aromatic carbocycles. The fraction of sp³-hybridized carbons (Fsp3) is 0.105. The highest BCUT2D eigenvalue weighted by Crippen LogP contribution is 2.40. The predicted molar refractivity (Wildman–Crippen MR) is 103 cm³/mol. The second-order valence-electron chi connectivity index (χ2n) is 6.26. The van der Waals surface area contributed by atoms with Gasteiger partial charge in [-0.25, -0.2) is 8.78 Å². The molecule has 0 fully saturated rings. The summed E-state index contributed by atoms with van der Waals surface area (Å²) in [6, 6.07) is 4.87. The van der Waals surface area contributed by atoms with Crippen molar-refractivity contribution < 1.29 is 22.0 Å². The first-order valence-corrected chi connectivity index (χ1v) is 9.44. The van der Waals surface area contributed by atoms with Crippen LogP contribution in [0.3, 0.4) is 0 Å². The van der Waals surface area contributed by atoms with Crippen molar-refractivity contribution in [1.29, 1.82) is 0 Å². The molecule has 0 bridgehead atoms. The van der Waals surface area contributed by atoms with Crippen LogP contribution in [0, 0.1) is 11.6 Å². The van der Waals surface area contributed by atoms with Crippen LogP contribution in [0.5, 0.6) is 0 Å². The molecule has 0 amide bonds.